The normalized spacial score (nSPS) is 15.0. The molecular formula is C20H27N3O2. The van der Waals surface area contributed by atoms with Gasteiger partial charge in [-0.05, 0) is 19.4 Å². The van der Waals surface area contributed by atoms with Gasteiger partial charge in [-0.3, -0.25) is 9.69 Å². The minimum atomic E-state index is -0.169. The zero-order valence-corrected chi connectivity index (χ0v) is 15.6. The Morgan fingerprint density at radius 2 is 2.04 bits per heavy atom. The zero-order valence-electron chi connectivity index (χ0n) is 15.6. The minimum absolute atomic E-state index is 0.0179. The van der Waals surface area contributed by atoms with Crippen LogP contribution in [0.25, 0.3) is 0 Å². The van der Waals surface area contributed by atoms with Crippen LogP contribution in [-0.4, -0.2) is 28.0 Å². The monoisotopic (exact) mass is 341 g/mol. The van der Waals surface area contributed by atoms with E-state index in [1.54, 1.807) is 0 Å². The predicted octanol–water partition coefficient (Wildman–Crippen LogP) is 3.02. The molecule has 1 aliphatic heterocycles. The van der Waals surface area contributed by atoms with Crippen molar-refractivity contribution in [3.8, 4) is 5.75 Å². The van der Waals surface area contributed by atoms with E-state index in [9.17, 15) is 4.79 Å². The molecule has 0 saturated heterocycles. The minimum Gasteiger partial charge on any atom is -0.494 e. The molecule has 0 spiro atoms. The van der Waals surface area contributed by atoms with Gasteiger partial charge in [0.1, 0.15) is 11.6 Å². The van der Waals surface area contributed by atoms with Crippen molar-refractivity contribution in [1.29, 1.82) is 0 Å². The molecule has 5 nitrogen and oxygen atoms in total. The van der Waals surface area contributed by atoms with Crippen molar-refractivity contribution in [1.82, 2.24) is 14.9 Å². The topological polar surface area (TPSA) is 58.2 Å². The molecule has 134 valence electrons. The number of fused-ring (bicyclic) bond motifs is 1. The van der Waals surface area contributed by atoms with Gasteiger partial charge in [0.15, 0.2) is 0 Å². The quantitative estimate of drug-likeness (QED) is 0.929. The fraction of sp³-hybridized carbons (Fsp3) is 0.500. The van der Waals surface area contributed by atoms with Gasteiger partial charge in [0.2, 0.25) is 0 Å². The van der Waals surface area contributed by atoms with Crippen molar-refractivity contribution in [2.45, 2.75) is 52.6 Å². The van der Waals surface area contributed by atoms with E-state index >= 15 is 0 Å². The van der Waals surface area contributed by atoms with Crippen LogP contribution in [0.4, 0.5) is 0 Å². The maximum Gasteiger partial charge on any atom is 0.254 e. The first-order valence-corrected chi connectivity index (χ1v) is 8.94. The average molecular weight is 341 g/mol. The van der Waals surface area contributed by atoms with Crippen LogP contribution < -0.4 is 10.3 Å². The van der Waals surface area contributed by atoms with Crippen LogP contribution in [-0.2, 0) is 24.9 Å². The van der Waals surface area contributed by atoms with E-state index in [2.05, 4.69) is 36.7 Å². The van der Waals surface area contributed by atoms with Crippen molar-refractivity contribution in [3.05, 3.63) is 57.3 Å². The van der Waals surface area contributed by atoms with Gasteiger partial charge >= 0.3 is 0 Å². The van der Waals surface area contributed by atoms with Gasteiger partial charge in [0, 0.05) is 36.2 Å². The van der Waals surface area contributed by atoms with Crippen LogP contribution in [0, 0.1) is 0 Å². The molecule has 5 heteroatoms. The highest BCUT2D eigenvalue weighted by Gasteiger charge is 2.25. The van der Waals surface area contributed by atoms with Crippen LogP contribution in [0.2, 0.25) is 0 Å². The maximum atomic E-state index is 12.4. The zero-order chi connectivity index (χ0) is 18.0. The molecule has 0 amide bonds. The first kappa shape index (κ1) is 17.7. The molecule has 0 unspecified atom stereocenters. The van der Waals surface area contributed by atoms with Crippen molar-refractivity contribution in [3.63, 3.8) is 0 Å². The molecule has 1 aromatic heterocycles. The van der Waals surface area contributed by atoms with E-state index in [0.717, 1.165) is 42.3 Å². The second kappa shape index (κ2) is 7.00. The summed E-state index contributed by atoms with van der Waals surface area (Å²) in [5, 5.41) is 0. The molecule has 3 rings (SSSR count). The van der Waals surface area contributed by atoms with Gasteiger partial charge in [-0.2, -0.15) is 0 Å². The summed E-state index contributed by atoms with van der Waals surface area (Å²) in [6.45, 7) is 11.2. The standard InChI is InChI=1S/C20H27N3O2/c1-5-25-17-9-7-6-8-14(17)12-23-11-10-15-16(13-23)21-19(20(2,3)4)22-18(15)24/h6-9H,5,10-13H2,1-4H3,(H,21,22,24). The highest BCUT2D eigenvalue weighted by molar-refractivity contribution is 5.33. The smallest absolute Gasteiger partial charge is 0.254 e. The Labute approximate surface area is 149 Å². The summed E-state index contributed by atoms with van der Waals surface area (Å²) < 4.78 is 5.73. The Bertz CT molecular complexity index is 805. The van der Waals surface area contributed by atoms with E-state index in [1.165, 1.54) is 5.56 Å². The molecule has 1 aliphatic rings. The number of H-pyrrole nitrogens is 1. The number of hydrogen-bond acceptors (Lipinski definition) is 4. The largest absolute Gasteiger partial charge is 0.494 e. The molecular weight excluding hydrogens is 314 g/mol. The van der Waals surface area contributed by atoms with Crippen LogP contribution >= 0.6 is 0 Å². The fourth-order valence-corrected chi connectivity index (χ4v) is 3.16. The van der Waals surface area contributed by atoms with Gasteiger partial charge in [0.25, 0.3) is 5.56 Å². The number of benzene rings is 1. The van der Waals surface area contributed by atoms with Crippen molar-refractivity contribution >= 4 is 0 Å². The summed E-state index contributed by atoms with van der Waals surface area (Å²) in [4.78, 5) is 22.5. The second-order valence-corrected chi connectivity index (χ2v) is 7.59. The average Bonchev–Trinajstić information content (AvgIpc) is 2.56. The van der Waals surface area contributed by atoms with Crippen LogP contribution in [0.15, 0.2) is 29.1 Å². The molecule has 0 radical (unpaired) electrons. The van der Waals surface area contributed by atoms with E-state index in [-0.39, 0.29) is 11.0 Å². The third kappa shape index (κ3) is 3.93. The Balaban J connectivity index is 1.84. The molecule has 0 atom stereocenters. The summed E-state index contributed by atoms with van der Waals surface area (Å²) in [6.07, 6.45) is 0.735. The van der Waals surface area contributed by atoms with Crippen LogP contribution in [0.3, 0.4) is 0 Å². The summed E-state index contributed by atoms with van der Waals surface area (Å²) in [5.41, 5.74) is 2.77. The maximum absolute atomic E-state index is 12.4. The fourth-order valence-electron chi connectivity index (χ4n) is 3.16. The molecule has 0 saturated carbocycles. The van der Waals surface area contributed by atoms with E-state index in [0.29, 0.717) is 13.2 Å². The molecule has 0 fully saturated rings. The Hall–Kier alpha value is -2.14. The molecule has 0 bridgehead atoms. The molecule has 25 heavy (non-hydrogen) atoms. The number of nitrogens with one attached hydrogen (secondary N) is 1. The molecule has 2 aromatic rings. The lowest BCUT2D eigenvalue weighted by molar-refractivity contribution is 0.233. The van der Waals surface area contributed by atoms with Crippen LogP contribution in [0.5, 0.6) is 5.75 Å². The van der Waals surface area contributed by atoms with E-state index < -0.39 is 0 Å². The lowest BCUT2D eigenvalue weighted by atomic mass is 9.95. The predicted molar refractivity (Wildman–Crippen MR) is 99.0 cm³/mol. The summed E-state index contributed by atoms with van der Waals surface area (Å²) >= 11 is 0. The van der Waals surface area contributed by atoms with Gasteiger partial charge in [-0.15, -0.1) is 0 Å². The molecule has 1 N–H and O–H groups in total. The summed E-state index contributed by atoms with van der Waals surface area (Å²) in [6, 6.07) is 8.15. The van der Waals surface area contributed by atoms with Gasteiger partial charge in [-0.25, -0.2) is 4.98 Å². The Morgan fingerprint density at radius 3 is 2.76 bits per heavy atom. The number of hydrogen-bond donors (Lipinski definition) is 1. The van der Waals surface area contributed by atoms with Crippen molar-refractivity contribution < 1.29 is 4.74 Å². The lowest BCUT2D eigenvalue weighted by Gasteiger charge is -2.29. The Morgan fingerprint density at radius 1 is 1.28 bits per heavy atom. The van der Waals surface area contributed by atoms with Crippen molar-refractivity contribution in [2.75, 3.05) is 13.2 Å². The SMILES string of the molecule is CCOc1ccccc1CN1CCc2c(nc(C(C)(C)C)[nH]c2=O)C1. The van der Waals surface area contributed by atoms with E-state index in [4.69, 9.17) is 9.72 Å². The molecule has 1 aromatic carbocycles. The summed E-state index contributed by atoms with van der Waals surface area (Å²) in [5.74, 6) is 1.69. The third-order valence-corrected chi connectivity index (χ3v) is 4.53. The number of para-hydroxylation sites is 1. The number of rotatable bonds is 4. The second-order valence-electron chi connectivity index (χ2n) is 7.59. The first-order chi connectivity index (χ1) is 11.9. The lowest BCUT2D eigenvalue weighted by Crippen LogP contribution is -2.36. The first-order valence-electron chi connectivity index (χ1n) is 8.94. The Kier molecular flexibility index (Phi) is 4.95. The highest BCUT2D eigenvalue weighted by atomic mass is 16.5. The van der Waals surface area contributed by atoms with Gasteiger partial charge < -0.3 is 9.72 Å². The molecule has 0 aliphatic carbocycles. The molecule has 2 heterocycles. The number of ether oxygens (including phenoxy) is 1. The third-order valence-electron chi connectivity index (χ3n) is 4.53. The van der Waals surface area contributed by atoms with Gasteiger partial charge in [0.05, 0.1) is 12.3 Å². The van der Waals surface area contributed by atoms with Crippen molar-refractivity contribution in [2.24, 2.45) is 0 Å². The number of aromatic nitrogens is 2. The van der Waals surface area contributed by atoms with E-state index in [1.807, 2.05) is 25.1 Å². The highest BCUT2D eigenvalue weighted by Crippen LogP contribution is 2.24. The van der Waals surface area contributed by atoms with Crippen LogP contribution in [0.1, 0.15) is 50.3 Å². The van der Waals surface area contributed by atoms with Gasteiger partial charge in [-0.1, -0.05) is 39.0 Å². The number of nitrogens with zero attached hydrogens (tertiary/aromatic N) is 2. The number of aromatic amines is 1. The summed E-state index contributed by atoms with van der Waals surface area (Å²) in [7, 11) is 0.